The molecule has 0 spiro atoms. The molecule has 1 heterocycles. The van der Waals surface area contributed by atoms with Gasteiger partial charge in [0.05, 0.1) is 20.3 Å². The topological polar surface area (TPSA) is 59.1 Å². The van der Waals surface area contributed by atoms with Crippen molar-refractivity contribution in [3.63, 3.8) is 0 Å². The van der Waals surface area contributed by atoms with E-state index < -0.39 is 10.2 Å². The number of rotatable bonds is 7. The zero-order valence-corrected chi connectivity index (χ0v) is 15.1. The Labute approximate surface area is 139 Å². The van der Waals surface area contributed by atoms with E-state index in [-0.39, 0.29) is 6.04 Å². The quantitative estimate of drug-likeness (QED) is 0.764. The van der Waals surface area contributed by atoms with Gasteiger partial charge in [-0.3, -0.25) is 0 Å². The normalized spacial score (nSPS) is 19.3. The molecule has 1 aliphatic rings. The first-order chi connectivity index (χ1) is 11.0. The van der Waals surface area contributed by atoms with Crippen LogP contribution in [0.4, 0.5) is 0 Å². The molecule has 2 rings (SSSR count). The zero-order valence-electron chi connectivity index (χ0n) is 14.3. The summed E-state index contributed by atoms with van der Waals surface area (Å²) in [6.45, 7) is 5.21. The lowest BCUT2D eigenvalue weighted by Gasteiger charge is -2.30. The standard InChI is InChI=1S/C16H26N2O4S/c1-5-17(6-2)23(19,20)18-11-7-8-15(18)14-10-9-13(21-3)12-16(14)22-4/h9-10,12,15H,5-8,11H2,1-4H3/t15-/m0/s1. The molecule has 0 aromatic heterocycles. The lowest BCUT2D eigenvalue weighted by atomic mass is 10.0. The van der Waals surface area contributed by atoms with E-state index in [9.17, 15) is 8.42 Å². The van der Waals surface area contributed by atoms with Crippen LogP contribution in [0.1, 0.15) is 38.3 Å². The number of nitrogens with zero attached hydrogens (tertiary/aromatic N) is 2. The molecule has 130 valence electrons. The molecule has 6 nitrogen and oxygen atoms in total. The molecule has 1 aromatic rings. The van der Waals surface area contributed by atoms with Gasteiger partial charge in [-0.2, -0.15) is 17.0 Å². The number of benzene rings is 1. The van der Waals surface area contributed by atoms with Crippen molar-refractivity contribution in [2.75, 3.05) is 33.9 Å². The van der Waals surface area contributed by atoms with Crippen molar-refractivity contribution in [1.29, 1.82) is 0 Å². The third kappa shape index (κ3) is 3.46. The van der Waals surface area contributed by atoms with Crippen LogP contribution in [0.25, 0.3) is 0 Å². The lowest BCUT2D eigenvalue weighted by molar-refractivity contribution is 0.328. The van der Waals surface area contributed by atoms with Crippen molar-refractivity contribution in [3.8, 4) is 11.5 Å². The number of hydrogen-bond donors (Lipinski definition) is 0. The average Bonchev–Trinajstić information content (AvgIpc) is 3.05. The number of hydrogen-bond acceptors (Lipinski definition) is 4. The van der Waals surface area contributed by atoms with Crippen LogP contribution >= 0.6 is 0 Å². The maximum absolute atomic E-state index is 12.9. The van der Waals surface area contributed by atoms with E-state index in [0.717, 1.165) is 18.4 Å². The summed E-state index contributed by atoms with van der Waals surface area (Å²) < 4.78 is 39.6. The van der Waals surface area contributed by atoms with Crippen LogP contribution in [-0.2, 0) is 10.2 Å². The second-order valence-electron chi connectivity index (χ2n) is 5.47. The van der Waals surface area contributed by atoms with E-state index in [0.29, 0.717) is 31.1 Å². The van der Waals surface area contributed by atoms with Crippen molar-refractivity contribution in [3.05, 3.63) is 23.8 Å². The van der Waals surface area contributed by atoms with Crippen molar-refractivity contribution < 1.29 is 17.9 Å². The van der Waals surface area contributed by atoms with Gasteiger partial charge in [0.2, 0.25) is 0 Å². The van der Waals surface area contributed by atoms with Crippen molar-refractivity contribution >= 4 is 10.2 Å². The predicted molar refractivity (Wildman–Crippen MR) is 90.1 cm³/mol. The fraction of sp³-hybridized carbons (Fsp3) is 0.625. The average molecular weight is 342 g/mol. The van der Waals surface area contributed by atoms with E-state index in [4.69, 9.17) is 9.47 Å². The Morgan fingerprint density at radius 3 is 2.48 bits per heavy atom. The van der Waals surface area contributed by atoms with Crippen LogP contribution in [0.3, 0.4) is 0 Å². The SMILES string of the molecule is CCN(CC)S(=O)(=O)N1CCC[C@H]1c1ccc(OC)cc1OC. The van der Waals surface area contributed by atoms with E-state index in [2.05, 4.69) is 0 Å². The van der Waals surface area contributed by atoms with Crippen molar-refractivity contribution in [2.45, 2.75) is 32.7 Å². The molecule has 23 heavy (non-hydrogen) atoms. The van der Waals surface area contributed by atoms with Crippen LogP contribution < -0.4 is 9.47 Å². The number of ether oxygens (including phenoxy) is 2. The highest BCUT2D eigenvalue weighted by atomic mass is 32.2. The van der Waals surface area contributed by atoms with Gasteiger partial charge < -0.3 is 9.47 Å². The first-order valence-electron chi connectivity index (χ1n) is 7.98. The van der Waals surface area contributed by atoms with Gasteiger partial charge in [0.15, 0.2) is 0 Å². The maximum Gasteiger partial charge on any atom is 0.282 e. The molecule has 1 fully saturated rings. The fourth-order valence-electron chi connectivity index (χ4n) is 3.12. The Hall–Kier alpha value is -1.31. The molecule has 1 saturated heterocycles. The summed E-state index contributed by atoms with van der Waals surface area (Å²) in [6, 6.07) is 5.36. The Bertz CT molecular complexity index is 629. The molecule has 0 radical (unpaired) electrons. The van der Waals surface area contributed by atoms with Crippen LogP contribution in [0, 0.1) is 0 Å². The predicted octanol–water partition coefficient (Wildman–Crippen LogP) is 2.43. The van der Waals surface area contributed by atoms with Gasteiger partial charge in [0.25, 0.3) is 10.2 Å². The maximum atomic E-state index is 12.9. The molecule has 7 heteroatoms. The third-order valence-corrected chi connectivity index (χ3v) is 6.53. The number of methoxy groups -OCH3 is 2. The molecule has 0 unspecified atom stereocenters. The summed E-state index contributed by atoms with van der Waals surface area (Å²) in [5.74, 6) is 1.36. The Morgan fingerprint density at radius 1 is 1.22 bits per heavy atom. The smallest absolute Gasteiger partial charge is 0.282 e. The molecule has 0 amide bonds. The van der Waals surface area contributed by atoms with Crippen LogP contribution in [0.5, 0.6) is 11.5 Å². The fourth-order valence-corrected chi connectivity index (χ4v) is 4.97. The minimum atomic E-state index is -3.46. The summed E-state index contributed by atoms with van der Waals surface area (Å²) in [7, 11) is -0.267. The second-order valence-corrected chi connectivity index (χ2v) is 7.35. The van der Waals surface area contributed by atoms with Gasteiger partial charge in [-0.05, 0) is 18.9 Å². The van der Waals surface area contributed by atoms with Crippen molar-refractivity contribution in [2.24, 2.45) is 0 Å². The minimum absolute atomic E-state index is 0.193. The molecule has 1 atom stereocenters. The Kier molecular flexibility index (Phi) is 5.89. The van der Waals surface area contributed by atoms with E-state index in [1.165, 1.54) is 4.31 Å². The highest BCUT2D eigenvalue weighted by molar-refractivity contribution is 7.86. The first-order valence-corrected chi connectivity index (χ1v) is 9.38. The first kappa shape index (κ1) is 18.0. The molecule has 1 aromatic carbocycles. The summed E-state index contributed by atoms with van der Waals surface area (Å²) in [6.07, 6.45) is 1.64. The highest BCUT2D eigenvalue weighted by Gasteiger charge is 2.39. The lowest BCUT2D eigenvalue weighted by Crippen LogP contribution is -2.43. The van der Waals surface area contributed by atoms with E-state index in [1.54, 1.807) is 24.6 Å². The summed E-state index contributed by atoms with van der Waals surface area (Å²) in [5.41, 5.74) is 0.890. The van der Waals surface area contributed by atoms with Crippen molar-refractivity contribution in [1.82, 2.24) is 8.61 Å². The Balaban J connectivity index is 2.39. The van der Waals surface area contributed by atoms with Gasteiger partial charge in [-0.1, -0.05) is 19.9 Å². The molecule has 0 saturated carbocycles. The highest BCUT2D eigenvalue weighted by Crippen LogP contribution is 2.40. The third-order valence-electron chi connectivity index (χ3n) is 4.33. The summed E-state index contributed by atoms with van der Waals surface area (Å²) >= 11 is 0. The van der Waals surface area contributed by atoms with Crippen LogP contribution in [-0.4, -0.2) is 50.9 Å². The van der Waals surface area contributed by atoms with E-state index >= 15 is 0 Å². The van der Waals surface area contributed by atoms with Gasteiger partial charge in [0, 0.05) is 31.3 Å². The molecular weight excluding hydrogens is 316 g/mol. The molecule has 0 bridgehead atoms. The van der Waals surface area contributed by atoms with Gasteiger partial charge in [0.1, 0.15) is 11.5 Å². The zero-order chi connectivity index (χ0) is 17.0. The molecule has 1 aliphatic heterocycles. The van der Waals surface area contributed by atoms with Crippen LogP contribution in [0.2, 0.25) is 0 Å². The van der Waals surface area contributed by atoms with Crippen LogP contribution in [0.15, 0.2) is 18.2 Å². The summed E-state index contributed by atoms with van der Waals surface area (Å²) in [4.78, 5) is 0. The Morgan fingerprint density at radius 2 is 1.91 bits per heavy atom. The molecule has 0 aliphatic carbocycles. The van der Waals surface area contributed by atoms with Gasteiger partial charge in [-0.25, -0.2) is 0 Å². The summed E-state index contributed by atoms with van der Waals surface area (Å²) in [5, 5.41) is 0. The van der Waals surface area contributed by atoms with Gasteiger partial charge in [-0.15, -0.1) is 0 Å². The second kappa shape index (κ2) is 7.51. The van der Waals surface area contributed by atoms with E-state index in [1.807, 2.05) is 26.0 Å². The minimum Gasteiger partial charge on any atom is -0.497 e. The molecular formula is C16H26N2O4S. The molecule has 0 N–H and O–H groups in total. The monoisotopic (exact) mass is 342 g/mol. The van der Waals surface area contributed by atoms with Gasteiger partial charge >= 0.3 is 0 Å². The largest absolute Gasteiger partial charge is 0.497 e.